The van der Waals surface area contributed by atoms with E-state index in [1.54, 1.807) is 24.3 Å². The fraction of sp³-hybridized carbons (Fsp3) is 0. The highest BCUT2D eigenvalue weighted by Crippen LogP contribution is 2.09. The van der Waals surface area contributed by atoms with Crippen molar-refractivity contribution in [2.24, 2.45) is 0 Å². The third-order valence-electron chi connectivity index (χ3n) is 0.870. The van der Waals surface area contributed by atoms with E-state index in [0.29, 0.717) is 0 Å². The number of hydrogen-bond acceptors (Lipinski definition) is 1. The molecule has 0 saturated carbocycles. The lowest BCUT2D eigenvalue weighted by Crippen LogP contribution is -1.80. The van der Waals surface area contributed by atoms with Gasteiger partial charge < -0.3 is 5.73 Å². The molecule has 4 heteroatoms. The van der Waals surface area contributed by atoms with Crippen molar-refractivity contribution in [1.82, 2.24) is 0 Å². The molecule has 0 aliphatic heterocycles. The Kier molecular flexibility index (Phi) is 7.10. The maximum atomic E-state index is 5.56. The molecule has 1 rings (SSSR count). The first-order chi connectivity index (χ1) is 3.79. The van der Waals surface area contributed by atoms with Crippen LogP contribution in [0.1, 0.15) is 0 Å². The highest BCUT2D eigenvalue weighted by atomic mass is 35.5. The second-order valence-electron chi connectivity index (χ2n) is 1.55. The largest absolute Gasteiger partial charge is 0.399 e. The summed E-state index contributed by atoms with van der Waals surface area (Å²) in [5.74, 6) is 0. The fourth-order valence-electron chi connectivity index (χ4n) is 0.463. The lowest BCUT2D eigenvalue weighted by atomic mass is 10.3. The molecule has 0 unspecified atom stereocenters. The Morgan fingerprint density at radius 2 is 1.40 bits per heavy atom. The van der Waals surface area contributed by atoms with Crippen LogP contribution in [-0.4, -0.2) is 0 Å². The lowest BCUT2D eigenvalue weighted by molar-refractivity contribution is 1.69. The minimum Gasteiger partial charge on any atom is -0.399 e. The molecule has 0 atom stereocenters. The molecule has 10 heavy (non-hydrogen) atoms. The first-order valence-corrected chi connectivity index (χ1v) is 2.68. The van der Waals surface area contributed by atoms with E-state index in [1.165, 1.54) is 0 Å². The van der Waals surface area contributed by atoms with Crippen LogP contribution in [0.15, 0.2) is 24.3 Å². The van der Waals surface area contributed by atoms with Crippen molar-refractivity contribution in [2.75, 3.05) is 5.73 Å². The topological polar surface area (TPSA) is 26.0 Å². The van der Waals surface area contributed by atoms with E-state index in [2.05, 4.69) is 0 Å². The smallest absolute Gasteiger partial charge is 0.0407 e. The molecule has 2 N–H and O–H groups in total. The molecule has 0 aliphatic rings. The van der Waals surface area contributed by atoms with Crippen molar-refractivity contribution in [1.29, 1.82) is 0 Å². The number of halogens is 3. The van der Waals surface area contributed by atoms with Crippen LogP contribution in [0.2, 0.25) is 5.02 Å². The Labute approximate surface area is 77.4 Å². The standard InChI is InChI=1S/C6H6ClN.2ClH/c7-5-1-3-6(8)4-2-5;;/h1-4H,8H2;2*1H. The number of nitrogen functional groups attached to an aromatic ring is 1. The minimum atomic E-state index is 0. The molecule has 0 radical (unpaired) electrons. The summed E-state index contributed by atoms with van der Waals surface area (Å²) < 4.78 is 0. The van der Waals surface area contributed by atoms with E-state index >= 15 is 0 Å². The Hall–Kier alpha value is -0.110. The van der Waals surface area contributed by atoms with E-state index in [9.17, 15) is 0 Å². The average Bonchev–Trinajstić information content (AvgIpc) is 1.77. The van der Waals surface area contributed by atoms with Crippen LogP contribution in [0.4, 0.5) is 5.69 Å². The quantitative estimate of drug-likeness (QED) is 0.641. The van der Waals surface area contributed by atoms with Gasteiger partial charge in [0.2, 0.25) is 0 Å². The molecule has 1 aromatic rings. The molecule has 1 nitrogen and oxygen atoms in total. The van der Waals surface area contributed by atoms with Crippen molar-refractivity contribution in [3.05, 3.63) is 29.3 Å². The van der Waals surface area contributed by atoms with Gasteiger partial charge in [0.05, 0.1) is 0 Å². The molecule has 0 saturated heterocycles. The van der Waals surface area contributed by atoms with Gasteiger partial charge in [-0.25, -0.2) is 0 Å². The normalized spacial score (nSPS) is 7.30. The lowest BCUT2D eigenvalue weighted by Gasteiger charge is -1.88. The predicted octanol–water partition coefficient (Wildman–Crippen LogP) is 2.77. The molecular weight excluding hydrogens is 192 g/mol. The average molecular weight is 200 g/mol. The van der Waals surface area contributed by atoms with Crippen LogP contribution in [0.3, 0.4) is 0 Å². The van der Waals surface area contributed by atoms with Gasteiger partial charge in [-0.1, -0.05) is 11.6 Å². The summed E-state index contributed by atoms with van der Waals surface area (Å²) >= 11 is 5.56. The SMILES string of the molecule is Cl.Cl.Nc1ccc(Cl)cc1. The van der Waals surface area contributed by atoms with E-state index in [4.69, 9.17) is 17.3 Å². The molecule has 0 aliphatic carbocycles. The van der Waals surface area contributed by atoms with Crippen molar-refractivity contribution in [2.45, 2.75) is 0 Å². The second-order valence-corrected chi connectivity index (χ2v) is 1.99. The van der Waals surface area contributed by atoms with Crippen molar-refractivity contribution in [3.63, 3.8) is 0 Å². The molecule has 0 heterocycles. The van der Waals surface area contributed by atoms with Crippen LogP contribution in [-0.2, 0) is 0 Å². The highest BCUT2D eigenvalue weighted by molar-refractivity contribution is 6.30. The number of benzene rings is 1. The maximum Gasteiger partial charge on any atom is 0.0407 e. The third-order valence-corrected chi connectivity index (χ3v) is 1.12. The minimum absolute atomic E-state index is 0. The van der Waals surface area contributed by atoms with E-state index in [0.717, 1.165) is 10.7 Å². The number of anilines is 1. The van der Waals surface area contributed by atoms with Gasteiger partial charge in [0.1, 0.15) is 0 Å². The summed E-state index contributed by atoms with van der Waals surface area (Å²) in [5, 5.41) is 0.721. The van der Waals surface area contributed by atoms with Gasteiger partial charge in [-0.3, -0.25) is 0 Å². The fourth-order valence-corrected chi connectivity index (χ4v) is 0.589. The molecule has 0 fully saturated rings. The summed E-state index contributed by atoms with van der Waals surface area (Å²) in [7, 11) is 0. The summed E-state index contributed by atoms with van der Waals surface area (Å²) in [6.07, 6.45) is 0. The molecular formula is C6H8Cl3N. The Morgan fingerprint density at radius 3 is 1.70 bits per heavy atom. The first-order valence-electron chi connectivity index (χ1n) is 2.30. The highest BCUT2D eigenvalue weighted by Gasteiger charge is 1.82. The molecule has 0 amide bonds. The Bertz CT molecular complexity index is 152. The molecule has 0 aromatic heterocycles. The molecule has 58 valence electrons. The van der Waals surface area contributed by atoms with Crippen molar-refractivity contribution < 1.29 is 0 Å². The van der Waals surface area contributed by atoms with Crippen LogP contribution in [0, 0.1) is 0 Å². The molecule has 0 spiro atoms. The number of hydrogen-bond donors (Lipinski definition) is 1. The van der Waals surface area contributed by atoms with Gasteiger partial charge in [-0.05, 0) is 24.3 Å². The Morgan fingerprint density at radius 1 is 1.00 bits per heavy atom. The summed E-state index contributed by atoms with van der Waals surface area (Å²) in [6, 6.07) is 7.05. The molecule has 0 bridgehead atoms. The number of nitrogens with two attached hydrogens (primary N) is 1. The summed E-state index contributed by atoms with van der Waals surface area (Å²) in [4.78, 5) is 0. The van der Waals surface area contributed by atoms with Crippen LogP contribution in [0.25, 0.3) is 0 Å². The monoisotopic (exact) mass is 199 g/mol. The van der Waals surface area contributed by atoms with Crippen LogP contribution in [0.5, 0.6) is 0 Å². The first kappa shape index (κ1) is 12.6. The summed E-state index contributed by atoms with van der Waals surface area (Å²) in [5.41, 5.74) is 6.11. The summed E-state index contributed by atoms with van der Waals surface area (Å²) in [6.45, 7) is 0. The number of rotatable bonds is 0. The zero-order valence-corrected chi connectivity index (χ0v) is 7.47. The van der Waals surface area contributed by atoms with Gasteiger partial charge in [0, 0.05) is 10.7 Å². The van der Waals surface area contributed by atoms with Gasteiger partial charge >= 0.3 is 0 Å². The second kappa shape index (κ2) is 5.66. The predicted molar refractivity (Wildman–Crippen MR) is 50.4 cm³/mol. The van der Waals surface area contributed by atoms with E-state index in [-0.39, 0.29) is 24.8 Å². The van der Waals surface area contributed by atoms with Crippen LogP contribution >= 0.6 is 36.4 Å². The zero-order chi connectivity index (χ0) is 5.98. The zero-order valence-electron chi connectivity index (χ0n) is 5.08. The van der Waals surface area contributed by atoms with Crippen molar-refractivity contribution in [3.8, 4) is 0 Å². The third kappa shape index (κ3) is 3.83. The van der Waals surface area contributed by atoms with Crippen molar-refractivity contribution >= 4 is 42.1 Å². The van der Waals surface area contributed by atoms with Gasteiger partial charge in [0.15, 0.2) is 0 Å². The van der Waals surface area contributed by atoms with E-state index in [1.807, 2.05) is 0 Å². The Balaban J connectivity index is 0. The van der Waals surface area contributed by atoms with Crippen LogP contribution < -0.4 is 5.73 Å². The van der Waals surface area contributed by atoms with Gasteiger partial charge in [0.25, 0.3) is 0 Å². The van der Waals surface area contributed by atoms with Gasteiger partial charge in [-0.2, -0.15) is 0 Å². The molecule has 1 aromatic carbocycles. The maximum absolute atomic E-state index is 5.56. The van der Waals surface area contributed by atoms with Gasteiger partial charge in [-0.15, -0.1) is 24.8 Å². The van der Waals surface area contributed by atoms with E-state index < -0.39 is 0 Å².